The Morgan fingerprint density at radius 3 is 2.17 bits per heavy atom. The number of para-hydroxylation sites is 2. The number of benzene rings is 3. The topological polar surface area (TPSA) is 73.9 Å². The molecular weight excluding hydrogens is 382 g/mol. The Hall–Kier alpha value is -3.80. The van der Waals surface area contributed by atoms with Crippen LogP contribution in [0.5, 0.6) is 11.5 Å². The summed E-state index contributed by atoms with van der Waals surface area (Å²) in [7, 11) is 0. The van der Waals surface area contributed by atoms with E-state index in [0.29, 0.717) is 23.8 Å². The number of hydrogen-bond donors (Lipinski definition) is 1. The lowest BCUT2D eigenvalue weighted by molar-refractivity contribution is -0.149. The third kappa shape index (κ3) is 6.10. The van der Waals surface area contributed by atoms with E-state index < -0.39 is 18.5 Å². The van der Waals surface area contributed by atoms with E-state index in [0.717, 1.165) is 11.1 Å². The maximum atomic E-state index is 12.0. The Kier molecular flexibility index (Phi) is 7.44. The summed E-state index contributed by atoms with van der Waals surface area (Å²) in [6.07, 6.45) is 0. The quantitative estimate of drug-likeness (QED) is 0.537. The van der Waals surface area contributed by atoms with Gasteiger partial charge in [-0.1, -0.05) is 54.6 Å². The molecule has 0 saturated carbocycles. The molecule has 3 rings (SSSR count). The van der Waals surface area contributed by atoms with Crippen molar-refractivity contribution in [1.82, 2.24) is 0 Å². The van der Waals surface area contributed by atoms with Gasteiger partial charge < -0.3 is 19.5 Å². The summed E-state index contributed by atoms with van der Waals surface area (Å²) in [4.78, 5) is 23.9. The average molecular weight is 405 g/mol. The Morgan fingerprint density at radius 2 is 1.43 bits per heavy atom. The van der Waals surface area contributed by atoms with Crippen LogP contribution in [0.4, 0.5) is 5.69 Å². The van der Waals surface area contributed by atoms with Gasteiger partial charge in [0.1, 0.15) is 11.5 Å². The van der Waals surface area contributed by atoms with Gasteiger partial charge in [-0.05, 0) is 42.3 Å². The van der Waals surface area contributed by atoms with Crippen molar-refractivity contribution in [2.45, 2.75) is 6.92 Å². The molecule has 6 nitrogen and oxygen atoms in total. The van der Waals surface area contributed by atoms with Crippen molar-refractivity contribution in [2.24, 2.45) is 0 Å². The van der Waals surface area contributed by atoms with Crippen molar-refractivity contribution >= 4 is 17.6 Å². The minimum absolute atomic E-state index is 0.284. The van der Waals surface area contributed by atoms with E-state index in [9.17, 15) is 9.59 Å². The molecule has 0 spiro atoms. The number of amides is 1. The molecule has 0 aromatic heterocycles. The zero-order chi connectivity index (χ0) is 21.2. The molecule has 0 radical (unpaired) electrons. The van der Waals surface area contributed by atoms with E-state index in [2.05, 4.69) is 5.32 Å². The van der Waals surface area contributed by atoms with Crippen LogP contribution in [-0.4, -0.2) is 31.7 Å². The molecule has 0 aliphatic heterocycles. The number of rotatable bonds is 9. The number of carbonyl (C=O) groups excluding carboxylic acids is 2. The number of anilines is 1. The molecule has 0 saturated heterocycles. The fourth-order valence-corrected chi connectivity index (χ4v) is 2.74. The molecule has 0 unspecified atom stereocenters. The normalized spacial score (nSPS) is 10.2. The Labute approximate surface area is 175 Å². The van der Waals surface area contributed by atoms with Crippen molar-refractivity contribution in [1.29, 1.82) is 0 Å². The predicted octanol–water partition coefficient (Wildman–Crippen LogP) is 4.31. The van der Waals surface area contributed by atoms with Crippen molar-refractivity contribution in [2.75, 3.05) is 25.1 Å². The first-order valence-corrected chi connectivity index (χ1v) is 9.61. The van der Waals surface area contributed by atoms with Gasteiger partial charge in [0.15, 0.2) is 13.2 Å². The van der Waals surface area contributed by atoms with Crippen LogP contribution < -0.4 is 14.8 Å². The van der Waals surface area contributed by atoms with Gasteiger partial charge in [-0.25, -0.2) is 4.79 Å². The van der Waals surface area contributed by atoms with Gasteiger partial charge >= 0.3 is 5.97 Å². The molecule has 1 N–H and O–H groups in total. The molecule has 3 aromatic rings. The standard InChI is InChI=1S/C24H23NO5/c1-2-28-22-11-7-6-10-21(22)25-23(26)16-30-24(27)17-29-20-14-12-19(13-15-20)18-8-4-3-5-9-18/h3-15H,2,16-17H2,1H3,(H,25,26). The lowest BCUT2D eigenvalue weighted by Crippen LogP contribution is -2.23. The van der Waals surface area contributed by atoms with Crippen LogP contribution >= 0.6 is 0 Å². The van der Waals surface area contributed by atoms with E-state index in [1.54, 1.807) is 30.3 Å². The Bertz CT molecular complexity index is 970. The highest BCUT2D eigenvalue weighted by molar-refractivity contribution is 5.94. The third-order valence-corrected chi connectivity index (χ3v) is 4.14. The van der Waals surface area contributed by atoms with Gasteiger partial charge in [-0.2, -0.15) is 0 Å². The largest absolute Gasteiger partial charge is 0.492 e. The van der Waals surface area contributed by atoms with Gasteiger partial charge in [0.25, 0.3) is 5.91 Å². The molecule has 0 atom stereocenters. The van der Waals surface area contributed by atoms with Gasteiger partial charge in [0, 0.05) is 0 Å². The van der Waals surface area contributed by atoms with E-state index in [-0.39, 0.29) is 6.61 Å². The lowest BCUT2D eigenvalue weighted by atomic mass is 10.1. The molecule has 6 heteroatoms. The second kappa shape index (κ2) is 10.7. The van der Waals surface area contributed by atoms with Crippen LogP contribution in [0.15, 0.2) is 78.9 Å². The highest BCUT2D eigenvalue weighted by atomic mass is 16.6. The van der Waals surface area contributed by atoms with Crippen molar-refractivity contribution in [3.05, 3.63) is 78.9 Å². The van der Waals surface area contributed by atoms with Gasteiger partial charge in [-0.15, -0.1) is 0 Å². The molecule has 154 valence electrons. The SMILES string of the molecule is CCOc1ccccc1NC(=O)COC(=O)COc1ccc(-c2ccccc2)cc1. The zero-order valence-electron chi connectivity index (χ0n) is 16.7. The Balaban J connectivity index is 1.43. The summed E-state index contributed by atoms with van der Waals surface area (Å²) in [5, 5.41) is 2.66. The van der Waals surface area contributed by atoms with E-state index >= 15 is 0 Å². The smallest absolute Gasteiger partial charge is 0.344 e. The molecule has 0 heterocycles. The van der Waals surface area contributed by atoms with Crippen LogP contribution in [-0.2, 0) is 14.3 Å². The number of hydrogen-bond acceptors (Lipinski definition) is 5. The average Bonchev–Trinajstić information content (AvgIpc) is 2.79. The van der Waals surface area contributed by atoms with Crippen LogP contribution in [0.1, 0.15) is 6.92 Å². The first-order valence-electron chi connectivity index (χ1n) is 9.61. The van der Waals surface area contributed by atoms with Crippen LogP contribution in [0.25, 0.3) is 11.1 Å². The number of carbonyl (C=O) groups is 2. The summed E-state index contributed by atoms with van der Waals surface area (Å²) in [5.41, 5.74) is 2.67. The summed E-state index contributed by atoms with van der Waals surface area (Å²) >= 11 is 0. The second-order valence-electron chi connectivity index (χ2n) is 6.32. The number of ether oxygens (including phenoxy) is 3. The van der Waals surface area contributed by atoms with E-state index in [4.69, 9.17) is 14.2 Å². The fourth-order valence-electron chi connectivity index (χ4n) is 2.74. The highest BCUT2D eigenvalue weighted by Crippen LogP contribution is 2.24. The fraction of sp³-hybridized carbons (Fsp3) is 0.167. The lowest BCUT2D eigenvalue weighted by Gasteiger charge is -2.11. The maximum absolute atomic E-state index is 12.0. The third-order valence-electron chi connectivity index (χ3n) is 4.14. The maximum Gasteiger partial charge on any atom is 0.344 e. The van der Waals surface area contributed by atoms with Crippen LogP contribution in [0.2, 0.25) is 0 Å². The minimum Gasteiger partial charge on any atom is -0.492 e. The molecule has 0 bridgehead atoms. The first kappa shape index (κ1) is 20.9. The molecule has 30 heavy (non-hydrogen) atoms. The van der Waals surface area contributed by atoms with Crippen LogP contribution in [0.3, 0.4) is 0 Å². The van der Waals surface area contributed by atoms with Crippen molar-refractivity contribution in [3.63, 3.8) is 0 Å². The minimum atomic E-state index is -0.629. The summed E-state index contributed by atoms with van der Waals surface area (Å²) < 4.78 is 15.9. The molecule has 0 aliphatic carbocycles. The van der Waals surface area contributed by atoms with Gasteiger partial charge in [0.2, 0.25) is 0 Å². The first-order chi connectivity index (χ1) is 14.7. The Morgan fingerprint density at radius 1 is 0.767 bits per heavy atom. The number of nitrogens with one attached hydrogen (secondary N) is 1. The summed E-state index contributed by atoms with van der Waals surface area (Å²) in [6.45, 7) is 1.64. The predicted molar refractivity (Wildman–Crippen MR) is 115 cm³/mol. The highest BCUT2D eigenvalue weighted by Gasteiger charge is 2.11. The zero-order valence-corrected chi connectivity index (χ0v) is 16.7. The molecule has 0 fully saturated rings. The second-order valence-corrected chi connectivity index (χ2v) is 6.32. The molecule has 0 aliphatic rings. The summed E-state index contributed by atoms with van der Waals surface area (Å²) in [5.74, 6) is 0.0155. The van der Waals surface area contributed by atoms with Crippen LogP contribution in [0, 0.1) is 0 Å². The number of esters is 1. The summed E-state index contributed by atoms with van der Waals surface area (Å²) in [6, 6.07) is 24.4. The van der Waals surface area contributed by atoms with Crippen molar-refractivity contribution in [3.8, 4) is 22.6 Å². The van der Waals surface area contributed by atoms with Gasteiger partial charge in [-0.3, -0.25) is 4.79 Å². The van der Waals surface area contributed by atoms with Crippen molar-refractivity contribution < 1.29 is 23.8 Å². The van der Waals surface area contributed by atoms with E-state index in [1.165, 1.54) is 0 Å². The molecular formula is C24H23NO5. The molecule has 3 aromatic carbocycles. The molecule has 1 amide bonds. The van der Waals surface area contributed by atoms with E-state index in [1.807, 2.05) is 55.5 Å². The monoisotopic (exact) mass is 405 g/mol. The van der Waals surface area contributed by atoms with Gasteiger partial charge in [0.05, 0.1) is 12.3 Å².